The van der Waals surface area contributed by atoms with Crippen LogP contribution < -0.4 is 4.74 Å². The first-order valence-corrected chi connectivity index (χ1v) is 7.26. The second kappa shape index (κ2) is 6.44. The minimum Gasteiger partial charge on any atom is -0.494 e. The highest BCUT2D eigenvalue weighted by atomic mass is 35.5. The van der Waals surface area contributed by atoms with Crippen LogP contribution in [0.4, 0.5) is 8.78 Å². The van der Waals surface area contributed by atoms with Gasteiger partial charge in [-0.3, -0.25) is 0 Å². The summed E-state index contributed by atoms with van der Waals surface area (Å²) >= 11 is 5.96. The molecule has 112 valence electrons. The molecule has 0 spiro atoms. The molecule has 0 unspecified atom stereocenters. The average Bonchev–Trinajstić information content (AvgIpc) is 2.48. The van der Waals surface area contributed by atoms with Crippen LogP contribution in [0.3, 0.4) is 0 Å². The number of alkyl halides is 2. The van der Waals surface area contributed by atoms with E-state index >= 15 is 0 Å². The van der Waals surface area contributed by atoms with E-state index in [1.165, 1.54) is 24.3 Å². The maximum atomic E-state index is 14.7. The van der Waals surface area contributed by atoms with Gasteiger partial charge in [-0.2, -0.15) is 8.78 Å². The van der Waals surface area contributed by atoms with Gasteiger partial charge in [-0.25, -0.2) is 0 Å². The van der Waals surface area contributed by atoms with Crippen LogP contribution in [0, 0.1) is 0 Å². The molecule has 0 aromatic heterocycles. The molecule has 0 saturated heterocycles. The molecular formula is C17H17ClF2O. The molecule has 21 heavy (non-hydrogen) atoms. The Kier molecular flexibility index (Phi) is 4.84. The molecule has 2 rings (SSSR count). The van der Waals surface area contributed by atoms with Crippen molar-refractivity contribution in [3.05, 3.63) is 64.2 Å². The van der Waals surface area contributed by atoms with Crippen molar-refractivity contribution < 1.29 is 13.5 Å². The highest BCUT2D eigenvalue weighted by molar-refractivity contribution is 6.31. The quantitative estimate of drug-likeness (QED) is 0.714. The lowest BCUT2D eigenvalue weighted by molar-refractivity contribution is 0.0428. The van der Waals surface area contributed by atoms with E-state index in [1.807, 2.05) is 13.8 Å². The van der Waals surface area contributed by atoms with Gasteiger partial charge in [0.1, 0.15) is 5.75 Å². The van der Waals surface area contributed by atoms with Crippen LogP contribution in [0.2, 0.25) is 5.02 Å². The van der Waals surface area contributed by atoms with Crippen LogP contribution in [0.1, 0.15) is 30.5 Å². The zero-order chi connectivity index (χ0) is 15.5. The highest BCUT2D eigenvalue weighted by Crippen LogP contribution is 2.40. The predicted octanol–water partition coefficient (Wildman–Crippen LogP) is 5.44. The molecule has 0 aliphatic carbocycles. The lowest BCUT2D eigenvalue weighted by Gasteiger charge is -2.19. The van der Waals surface area contributed by atoms with Crippen LogP contribution in [0.15, 0.2) is 42.5 Å². The molecule has 0 radical (unpaired) electrons. The third-order valence-electron chi connectivity index (χ3n) is 3.31. The summed E-state index contributed by atoms with van der Waals surface area (Å²) in [5.74, 6) is -2.56. The summed E-state index contributed by atoms with van der Waals surface area (Å²) in [6, 6.07) is 10.6. The zero-order valence-corrected chi connectivity index (χ0v) is 12.8. The van der Waals surface area contributed by atoms with Gasteiger partial charge in [0.2, 0.25) is 0 Å². The molecule has 0 amide bonds. The fourth-order valence-corrected chi connectivity index (χ4v) is 2.35. The maximum absolute atomic E-state index is 14.7. The van der Waals surface area contributed by atoms with Crippen molar-refractivity contribution in [2.45, 2.75) is 26.2 Å². The number of rotatable bonds is 5. The fourth-order valence-electron chi connectivity index (χ4n) is 2.12. The smallest absolute Gasteiger partial charge is 0.299 e. The predicted molar refractivity (Wildman–Crippen MR) is 81.4 cm³/mol. The Labute approximate surface area is 128 Å². The minimum atomic E-state index is -3.13. The Balaban J connectivity index is 2.40. The van der Waals surface area contributed by atoms with Crippen LogP contribution in [-0.4, -0.2) is 6.61 Å². The summed E-state index contributed by atoms with van der Waals surface area (Å²) in [5, 5.41) is 0.0751. The Bertz CT molecular complexity index is 609. The maximum Gasteiger partial charge on any atom is 0.299 e. The molecule has 0 saturated carbocycles. The standard InChI is InChI=1S/C17H17ClF2O/c1-3-12-5-10-16(18)15(11-12)17(19,20)13-6-8-14(9-7-13)21-4-2/h5-11H,3-4H2,1-2H3. The topological polar surface area (TPSA) is 9.23 Å². The first-order chi connectivity index (χ1) is 9.98. The van der Waals surface area contributed by atoms with Gasteiger partial charge in [0, 0.05) is 11.1 Å². The average molecular weight is 311 g/mol. The van der Waals surface area contributed by atoms with Gasteiger partial charge in [0.05, 0.1) is 11.6 Å². The third kappa shape index (κ3) is 3.35. The number of aryl methyl sites for hydroxylation is 1. The second-order valence-electron chi connectivity index (χ2n) is 4.70. The van der Waals surface area contributed by atoms with E-state index in [-0.39, 0.29) is 16.1 Å². The van der Waals surface area contributed by atoms with Crippen molar-refractivity contribution in [1.82, 2.24) is 0 Å². The van der Waals surface area contributed by atoms with E-state index in [4.69, 9.17) is 16.3 Å². The van der Waals surface area contributed by atoms with Crippen molar-refractivity contribution in [2.24, 2.45) is 0 Å². The van der Waals surface area contributed by atoms with Crippen LogP contribution >= 0.6 is 11.6 Å². The summed E-state index contributed by atoms with van der Waals surface area (Å²) < 4.78 is 34.6. The van der Waals surface area contributed by atoms with E-state index < -0.39 is 5.92 Å². The first kappa shape index (κ1) is 15.8. The van der Waals surface area contributed by atoms with E-state index in [9.17, 15) is 8.78 Å². The summed E-state index contributed by atoms with van der Waals surface area (Å²) in [6.45, 7) is 4.26. The van der Waals surface area contributed by atoms with Gasteiger partial charge in [-0.15, -0.1) is 0 Å². The molecule has 0 atom stereocenters. The fraction of sp³-hybridized carbons (Fsp3) is 0.294. The van der Waals surface area contributed by atoms with Gasteiger partial charge in [-0.05, 0) is 55.3 Å². The molecule has 0 aliphatic rings. The van der Waals surface area contributed by atoms with Crippen molar-refractivity contribution in [3.8, 4) is 5.75 Å². The van der Waals surface area contributed by atoms with Crippen LogP contribution in [0.5, 0.6) is 5.75 Å². The monoisotopic (exact) mass is 310 g/mol. The summed E-state index contributed by atoms with van der Waals surface area (Å²) in [5.41, 5.74) is 0.578. The Morgan fingerprint density at radius 3 is 2.29 bits per heavy atom. The largest absolute Gasteiger partial charge is 0.494 e. The van der Waals surface area contributed by atoms with Crippen molar-refractivity contribution >= 4 is 11.6 Å². The lowest BCUT2D eigenvalue weighted by Crippen LogP contribution is -2.16. The van der Waals surface area contributed by atoms with Crippen molar-refractivity contribution in [1.29, 1.82) is 0 Å². The molecule has 0 fully saturated rings. The van der Waals surface area contributed by atoms with E-state index in [1.54, 1.807) is 18.2 Å². The van der Waals surface area contributed by atoms with Crippen molar-refractivity contribution in [2.75, 3.05) is 6.61 Å². The molecule has 2 aromatic rings. The van der Waals surface area contributed by atoms with Crippen LogP contribution in [0.25, 0.3) is 0 Å². The van der Waals surface area contributed by atoms with Gasteiger partial charge in [-0.1, -0.05) is 24.6 Å². The minimum absolute atomic E-state index is 0.0751. The first-order valence-electron chi connectivity index (χ1n) is 6.89. The van der Waals surface area contributed by atoms with Gasteiger partial charge < -0.3 is 4.74 Å². The highest BCUT2D eigenvalue weighted by Gasteiger charge is 2.36. The second-order valence-corrected chi connectivity index (χ2v) is 5.11. The molecule has 0 N–H and O–H groups in total. The van der Waals surface area contributed by atoms with E-state index in [0.29, 0.717) is 18.8 Å². The Hall–Kier alpha value is -1.61. The molecule has 0 heterocycles. The normalized spacial score (nSPS) is 11.5. The Morgan fingerprint density at radius 2 is 1.71 bits per heavy atom. The number of benzene rings is 2. The summed E-state index contributed by atoms with van der Waals surface area (Å²) in [6.07, 6.45) is 0.684. The molecular weight excluding hydrogens is 294 g/mol. The summed E-state index contributed by atoms with van der Waals surface area (Å²) in [7, 11) is 0. The summed E-state index contributed by atoms with van der Waals surface area (Å²) in [4.78, 5) is 0. The number of ether oxygens (including phenoxy) is 1. The van der Waals surface area contributed by atoms with Crippen LogP contribution in [-0.2, 0) is 12.3 Å². The number of hydrogen-bond donors (Lipinski definition) is 0. The van der Waals surface area contributed by atoms with Gasteiger partial charge >= 0.3 is 0 Å². The van der Waals surface area contributed by atoms with E-state index in [0.717, 1.165) is 5.56 Å². The molecule has 1 nitrogen and oxygen atoms in total. The van der Waals surface area contributed by atoms with E-state index in [2.05, 4.69) is 0 Å². The number of hydrogen-bond acceptors (Lipinski definition) is 1. The van der Waals surface area contributed by atoms with Gasteiger partial charge in [0.15, 0.2) is 0 Å². The zero-order valence-electron chi connectivity index (χ0n) is 12.0. The SMILES string of the molecule is CCOc1ccc(C(F)(F)c2cc(CC)ccc2Cl)cc1. The number of halogens is 3. The van der Waals surface area contributed by atoms with Gasteiger partial charge in [0.25, 0.3) is 5.92 Å². The molecule has 2 aromatic carbocycles. The lowest BCUT2D eigenvalue weighted by atomic mass is 9.98. The Morgan fingerprint density at radius 1 is 1.05 bits per heavy atom. The third-order valence-corrected chi connectivity index (χ3v) is 3.63. The van der Waals surface area contributed by atoms with Crippen molar-refractivity contribution in [3.63, 3.8) is 0 Å². The molecule has 0 bridgehead atoms. The molecule has 0 aliphatic heterocycles. The molecule has 4 heteroatoms.